The lowest BCUT2D eigenvalue weighted by Gasteiger charge is -2.11. The topological polar surface area (TPSA) is 52.0 Å². The van der Waals surface area contributed by atoms with Gasteiger partial charge in [0.25, 0.3) is 0 Å². The van der Waals surface area contributed by atoms with E-state index in [0.29, 0.717) is 0 Å². The summed E-state index contributed by atoms with van der Waals surface area (Å²) in [6, 6.07) is 0. The highest BCUT2D eigenvalue weighted by Gasteiger charge is 2.17. The maximum atomic E-state index is 4.99. The second kappa shape index (κ2) is 6.71. The first-order chi connectivity index (χ1) is 8.40. The second-order valence-corrected chi connectivity index (χ2v) is 4.68. The van der Waals surface area contributed by atoms with Crippen molar-refractivity contribution >= 4 is 0 Å². The van der Waals surface area contributed by atoms with Gasteiger partial charge in [0.15, 0.2) is 0 Å². The maximum Gasteiger partial charge on any atom is 0.140 e. The van der Waals surface area contributed by atoms with Crippen molar-refractivity contribution in [3.8, 4) is 0 Å². The average molecular weight is 238 g/mol. The summed E-state index contributed by atoms with van der Waals surface area (Å²) in [6.07, 6.45) is 7.09. The Kier molecular flexibility index (Phi) is 4.94. The number of nitrogens with one attached hydrogen (secondary N) is 1. The molecule has 1 N–H and O–H groups in total. The predicted octanol–water partition coefficient (Wildman–Crippen LogP) is 1.20. The van der Waals surface area contributed by atoms with Gasteiger partial charge in [-0.25, -0.2) is 9.67 Å². The number of hydrogen-bond acceptors (Lipinski definition) is 4. The Morgan fingerprint density at radius 1 is 1.47 bits per heavy atom. The van der Waals surface area contributed by atoms with Crippen LogP contribution in [-0.2, 0) is 17.8 Å². The summed E-state index contributed by atoms with van der Waals surface area (Å²) in [5.74, 6) is 1.84. The molecule has 0 bridgehead atoms. The maximum absolute atomic E-state index is 4.99. The van der Waals surface area contributed by atoms with Gasteiger partial charge in [-0.1, -0.05) is 12.8 Å². The third-order valence-electron chi connectivity index (χ3n) is 3.37. The molecule has 0 aromatic carbocycles. The van der Waals surface area contributed by atoms with Gasteiger partial charge in [-0.3, -0.25) is 0 Å². The molecule has 1 aliphatic carbocycles. The molecule has 96 valence electrons. The van der Waals surface area contributed by atoms with Crippen LogP contribution in [0, 0.1) is 5.92 Å². The fraction of sp³-hybridized carbons (Fsp3) is 0.833. The number of ether oxygens (including phenoxy) is 1. The molecule has 0 saturated heterocycles. The van der Waals surface area contributed by atoms with E-state index in [4.69, 9.17) is 4.74 Å². The van der Waals surface area contributed by atoms with Crippen LogP contribution in [0.3, 0.4) is 0 Å². The molecule has 0 atom stereocenters. The molecule has 1 aromatic rings. The van der Waals surface area contributed by atoms with Crippen molar-refractivity contribution in [3.63, 3.8) is 0 Å². The average Bonchev–Trinajstić information content (AvgIpc) is 2.97. The van der Waals surface area contributed by atoms with Crippen molar-refractivity contribution in [1.82, 2.24) is 20.1 Å². The van der Waals surface area contributed by atoms with Crippen LogP contribution in [0.1, 0.15) is 31.5 Å². The number of aromatic nitrogens is 3. The van der Waals surface area contributed by atoms with E-state index >= 15 is 0 Å². The Bertz CT molecular complexity index is 320. The van der Waals surface area contributed by atoms with E-state index in [1.807, 2.05) is 0 Å². The van der Waals surface area contributed by atoms with Crippen LogP contribution in [-0.4, -0.2) is 35.0 Å². The zero-order chi connectivity index (χ0) is 11.9. The number of methoxy groups -OCH3 is 1. The van der Waals surface area contributed by atoms with E-state index in [-0.39, 0.29) is 0 Å². The molecule has 0 radical (unpaired) electrons. The normalized spacial score (nSPS) is 16.8. The third-order valence-corrected chi connectivity index (χ3v) is 3.37. The molecular formula is C12H22N4O. The van der Waals surface area contributed by atoms with Crippen molar-refractivity contribution < 1.29 is 4.74 Å². The van der Waals surface area contributed by atoms with Gasteiger partial charge >= 0.3 is 0 Å². The molecule has 0 amide bonds. The number of hydrogen-bond donors (Lipinski definition) is 1. The van der Waals surface area contributed by atoms with E-state index in [0.717, 1.165) is 38.0 Å². The summed E-state index contributed by atoms with van der Waals surface area (Å²) in [4.78, 5) is 4.30. The van der Waals surface area contributed by atoms with Gasteiger partial charge in [0.2, 0.25) is 0 Å². The fourth-order valence-corrected chi connectivity index (χ4v) is 2.39. The molecule has 5 nitrogen and oxygen atoms in total. The Hall–Kier alpha value is -0.940. The summed E-state index contributed by atoms with van der Waals surface area (Å²) in [5, 5.41) is 7.62. The van der Waals surface area contributed by atoms with Gasteiger partial charge in [0.1, 0.15) is 12.2 Å². The highest BCUT2D eigenvalue weighted by molar-refractivity contribution is 4.85. The highest BCUT2D eigenvalue weighted by atomic mass is 16.5. The predicted molar refractivity (Wildman–Crippen MR) is 65.6 cm³/mol. The van der Waals surface area contributed by atoms with Crippen LogP contribution >= 0.6 is 0 Å². The molecule has 1 saturated carbocycles. The van der Waals surface area contributed by atoms with E-state index in [2.05, 4.69) is 20.1 Å². The molecular weight excluding hydrogens is 216 g/mol. The zero-order valence-electron chi connectivity index (χ0n) is 10.6. The summed E-state index contributed by atoms with van der Waals surface area (Å²) < 4.78 is 7.05. The third kappa shape index (κ3) is 3.78. The molecule has 0 unspecified atom stereocenters. The number of rotatable bonds is 7. The van der Waals surface area contributed by atoms with Gasteiger partial charge < -0.3 is 10.1 Å². The zero-order valence-corrected chi connectivity index (χ0v) is 10.6. The van der Waals surface area contributed by atoms with Crippen molar-refractivity contribution in [2.75, 3.05) is 20.3 Å². The molecule has 1 fully saturated rings. The lowest BCUT2D eigenvalue weighted by molar-refractivity contribution is 0.198. The summed E-state index contributed by atoms with van der Waals surface area (Å²) in [7, 11) is 1.71. The van der Waals surface area contributed by atoms with E-state index in [1.54, 1.807) is 13.4 Å². The Balaban J connectivity index is 1.79. The van der Waals surface area contributed by atoms with Crippen LogP contribution in [0.5, 0.6) is 0 Å². The quantitative estimate of drug-likeness (QED) is 0.725. The van der Waals surface area contributed by atoms with Crippen molar-refractivity contribution in [2.24, 2.45) is 5.92 Å². The number of nitrogens with zero attached hydrogens (tertiary/aromatic N) is 3. The summed E-state index contributed by atoms with van der Waals surface area (Å²) in [6.45, 7) is 3.39. The highest BCUT2D eigenvalue weighted by Crippen LogP contribution is 2.26. The minimum Gasteiger partial charge on any atom is -0.383 e. The van der Waals surface area contributed by atoms with E-state index < -0.39 is 0 Å². The molecule has 2 rings (SSSR count). The minimum atomic E-state index is 0.733. The SMILES string of the molecule is COCCNCc1ncnn1CC1CCCC1. The summed E-state index contributed by atoms with van der Waals surface area (Å²) in [5.41, 5.74) is 0. The van der Waals surface area contributed by atoms with E-state index in [9.17, 15) is 0 Å². The van der Waals surface area contributed by atoms with Crippen molar-refractivity contribution in [1.29, 1.82) is 0 Å². The van der Waals surface area contributed by atoms with Crippen LogP contribution in [0.2, 0.25) is 0 Å². The smallest absolute Gasteiger partial charge is 0.140 e. The van der Waals surface area contributed by atoms with Gasteiger partial charge in [0, 0.05) is 20.2 Å². The van der Waals surface area contributed by atoms with Gasteiger partial charge in [-0.05, 0) is 18.8 Å². The lowest BCUT2D eigenvalue weighted by Crippen LogP contribution is -2.22. The van der Waals surface area contributed by atoms with Crippen LogP contribution < -0.4 is 5.32 Å². The van der Waals surface area contributed by atoms with Crippen LogP contribution in [0.15, 0.2) is 6.33 Å². The van der Waals surface area contributed by atoms with E-state index in [1.165, 1.54) is 25.7 Å². The molecule has 17 heavy (non-hydrogen) atoms. The van der Waals surface area contributed by atoms with Crippen molar-refractivity contribution in [2.45, 2.75) is 38.8 Å². The largest absolute Gasteiger partial charge is 0.383 e. The monoisotopic (exact) mass is 238 g/mol. The first-order valence-electron chi connectivity index (χ1n) is 6.46. The first-order valence-corrected chi connectivity index (χ1v) is 6.46. The Labute approximate surface area is 103 Å². The fourth-order valence-electron chi connectivity index (χ4n) is 2.39. The minimum absolute atomic E-state index is 0.733. The van der Waals surface area contributed by atoms with Crippen LogP contribution in [0.4, 0.5) is 0 Å². The standard InChI is InChI=1S/C12H22N4O/c1-17-7-6-13-8-12-14-10-15-16(12)9-11-4-2-3-5-11/h10-11,13H,2-9H2,1H3. The van der Waals surface area contributed by atoms with Crippen LogP contribution in [0.25, 0.3) is 0 Å². The first kappa shape index (κ1) is 12.5. The molecule has 0 aliphatic heterocycles. The van der Waals surface area contributed by atoms with Crippen molar-refractivity contribution in [3.05, 3.63) is 12.2 Å². The van der Waals surface area contributed by atoms with Gasteiger partial charge in [0.05, 0.1) is 13.2 Å². The Morgan fingerprint density at radius 3 is 3.06 bits per heavy atom. The molecule has 1 aliphatic rings. The Morgan fingerprint density at radius 2 is 2.29 bits per heavy atom. The molecule has 1 aromatic heterocycles. The molecule has 5 heteroatoms. The molecule has 0 spiro atoms. The van der Waals surface area contributed by atoms with Gasteiger partial charge in [-0.2, -0.15) is 5.10 Å². The lowest BCUT2D eigenvalue weighted by atomic mass is 10.1. The van der Waals surface area contributed by atoms with Gasteiger partial charge in [-0.15, -0.1) is 0 Å². The molecule has 1 heterocycles. The second-order valence-electron chi connectivity index (χ2n) is 4.68. The summed E-state index contributed by atoms with van der Waals surface area (Å²) >= 11 is 0.